The van der Waals surface area contributed by atoms with Crippen molar-refractivity contribution in [3.8, 4) is 23.3 Å². The molecule has 1 heterocycles. The Balaban J connectivity index is 1.52. The quantitative estimate of drug-likeness (QED) is 0.272. The van der Waals surface area contributed by atoms with Crippen LogP contribution in [0.1, 0.15) is 32.6 Å². The SMILES string of the molecule is COc1cc2c(cc1OC)C(C#N)(Cc1ccc(OCc3ccccc3)cc1)N(C(=O)c1ccccc1)C=C2. The highest BCUT2D eigenvalue weighted by Crippen LogP contribution is 2.44. The van der Waals surface area contributed by atoms with Gasteiger partial charge in [-0.15, -0.1) is 0 Å². The van der Waals surface area contributed by atoms with Gasteiger partial charge in [-0.2, -0.15) is 5.26 Å². The highest BCUT2D eigenvalue weighted by atomic mass is 16.5. The van der Waals surface area contributed by atoms with Gasteiger partial charge in [0, 0.05) is 23.7 Å². The van der Waals surface area contributed by atoms with E-state index in [0.717, 1.165) is 22.4 Å². The Kier molecular flexibility index (Phi) is 7.33. The van der Waals surface area contributed by atoms with Gasteiger partial charge >= 0.3 is 0 Å². The first-order valence-electron chi connectivity index (χ1n) is 12.6. The van der Waals surface area contributed by atoms with Gasteiger partial charge in [0.25, 0.3) is 5.91 Å². The summed E-state index contributed by atoms with van der Waals surface area (Å²) in [6.07, 6.45) is 3.77. The molecule has 6 nitrogen and oxygen atoms in total. The number of methoxy groups -OCH3 is 2. The van der Waals surface area contributed by atoms with Gasteiger partial charge in [-0.3, -0.25) is 9.69 Å². The average molecular weight is 517 g/mol. The smallest absolute Gasteiger partial charge is 0.259 e. The van der Waals surface area contributed by atoms with Crippen molar-refractivity contribution in [2.45, 2.75) is 18.6 Å². The summed E-state index contributed by atoms with van der Waals surface area (Å²) >= 11 is 0. The second kappa shape index (κ2) is 11.2. The summed E-state index contributed by atoms with van der Waals surface area (Å²) in [5, 5.41) is 10.8. The number of fused-ring (bicyclic) bond motifs is 1. The lowest BCUT2D eigenvalue weighted by atomic mass is 9.78. The van der Waals surface area contributed by atoms with Gasteiger partial charge in [0.15, 0.2) is 17.0 Å². The van der Waals surface area contributed by atoms with Crippen molar-refractivity contribution >= 4 is 12.0 Å². The molecule has 0 saturated carbocycles. The van der Waals surface area contributed by atoms with Crippen molar-refractivity contribution in [2.75, 3.05) is 14.2 Å². The Bertz CT molecular complexity index is 1530. The molecule has 0 radical (unpaired) electrons. The number of rotatable bonds is 8. The number of ether oxygens (including phenoxy) is 3. The van der Waals surface area contributed by atoms with E-state index in [1.807, 2.05) is 84.9 Å². The molecule has 1 unspecified atom stereocenters. The monoisotopic (exact) mass is 516 g/mol. The summed E-state index contributed by atoms with van der Waals surface area (Å²) in [4.78, 5) is 15.3. The van der Waals surface area contributed by atoms with Crippen LogP contribution in [0.3, 0.4) is 0 Å². The van der Waals surface area contributed by atoms with E-state index in [2.05, 4.69) is 6.07 Å². The Morgan fingerprint density at radius 2 is 1.49 bits per heavy atom. The molecule has 1 amide bonds. The Hall–Kier alpha value is -5.02. The highest BCUT2D eigenvalue weighted by molar-refractivity contribution is 5.97. The molecule has 0 aromatic heterocycles. The lowest BCUT2D eigenvalue weighted by Gasteiger charge is -2.41. The second-order valence-corrected chi connectivity index (χ2v) is 9.22. The van der Waals surface area contributed by atoms with Crippen LogP contribution in [0.2, 0.25) is 0 Å². The van der Waals surface area contributed by atoms with Crippen molar-refractivity contribution in [2.24, 2.45) is 0 Å². The molecule has 0 fully saturated rings. The van der Waals surface area contributed by atoms with Gasteiger partial charge in [0.2, 0.25) is 0 Å². The lowest BCUT2D eigenvalue weighted by Crippen LogP contribution is -2.49. The fourth-order valence-electron chi connectivity index (χ4n) is 4.84. The molecular weight excluding hydrogens is 488 g/mol. The number of nitrogens with zero attached hydrogens (tertiary/aromatic N) is 2. The fourth-order valence-corrected chi connectivity index (χ4v) is 4.84. The lowest BCUT2D eigenvalue weighted by molar-refractivity contribution is 0.0696. The van der Waals surface area contributed by atoms with Crippen LogP contribution in [0.25, 0.3) is 6.08 Å². The molecule has 39 heavy (non-hydrogen) atoms. The average Bonchev–Trinajstić information content (AvgIpc) is 3.00. The zero-order valence-corrected chi connectivity index (χ0v) is 21.8. The molecule has 0 saturated heterocycles. The van der Waals surface area contributed by atoms with Crippen LogP contribution in [0.15, 0.2) is 103 Å². The predicted molar refractivity (Wildman–Crippen MR) is 149 cm³/mol. The van der Waals surface area contributed by atoms with Crippen molar-refractivity contribution in [3.05, 3.63) is 131 Å². The number of benzene rings is 4. The minimum absolute atomic E-state index is 0.258. The van der Waals surface area contributed by atoms with Crippen LogP contribution < -0.4 is 14.2 Å². The fraction of sp³-hybridized carbons (Fsp3) is 0.152. The van der Waals surface area contributed by atoms with E-state index in [-0.39, 0.29) is 12.3 Å². The third-order valence-corrected chi connectivity index (χ3v) is 6.87. The van der Waals surface area contributed by atoms with E-state index in [9.17, 15) is 10.1 Å². The summed E-state index contributed by atoms with van der Waals surface area (Å²) in [6.45, 7) is 0.460. The Labute approximate surface area is 228 Å². The van der Waals surface area contributed by atoms with Crippen LogP contribution >= 0.6 is 0 Å². The minimum atomic E-state index is -1.33. The molecule has 4 aromatic carbocycles. The molecule has 5 rings (SSSR count). The standard InChI is InChI=1S/C33H28N2O4/c1-37-30-19-27-17-18-35(32(36)26-11-7-4-8-12-26)33(23-34,29(27)20-31(30)38-2)21-24-13-15-28(16-14-24)39-22-25-9-5-3-6-10-25/h3-20H,21-22H2,1-2H3. The van der Waals surface area contributed by atoms with Gasteiger partial charge in [-0.05, 0) is 59.2 Å². The maximum atomic E-state index is 13.8. The van der Waals surface area contributed by atoms with Crippen LogP contribution in [-0.4, -0.2) is 25.0 Å². The van der Waals surface area contributed by atoms with Crippen molar-refractivity contribution < 1.29 is 19.0 Å². The number of hydrogen-bond acceptors (Lipinski definition) is 5. The summed E-state index contributed by atoms with van der Waals surface area (Å²) in [5.41, 5.74) is 2.58. The Morgan fingerprint density at radius 3 is 2.13 bits per heavy atom. The van der Waals surface area contributed by atoms with Gasteiger partial charge < -0.3 is 14.2 Å². The second-order valence-electron chi connectivity index (χ2n) is 9.22. The van der Waals surface area contributed by atoms with Crippen molar-refractivity contribution in [1.29, 1.82) is 5.26 Å². The molecule has 0 bridgehead atoms. The van der Waals surface area contributed by atoms with Crippen LogP contribution in [-0.2, 0) is 18.6 Å². The summed E-state index contributed by atoms with van der Waals surface area (Å²) in [7, 11) is 3.12. The molecule has 0 aliphatic carbocycles. The maximum absolute atomic E-state index is 13.8. The molecular formula is C33H28N2O4. The minimum Gasteiger partial charge on any atom is -0.493 e. The van der Waals surface area contributed by atoms with E-state index in [1.165, 1.54) is 4.90 Å². The number of amides is 1. The zero-order valence-electron chi connectivity index (χ0n) is 21.8. The topological polar surface area (TPSA) is 71.8 Å². The molecule has 4 aromatic rings. The molecule has 6 heteroatoms. The van der Waals surface area contributed by atoms with Gasteiger partial charge in [0.05, 0.1) is 20.3 Å². The maximum Gasteiger partial charge on any atom is 0.259 e. The highest BCUT2D eigenvalue weighted by Gasteiger charge is 2.45. The van der Waals surface area contributed by atoms with Crippen LogP contribution in [0.5, 0.6) is 17.2 Å². The number of hydrogen-bond donors (Lipinski definition) is 0. The van der Waals surface area contributed by atoms with Crippen molar-refractivity contribution in [1.82, 2.24) is 4.90 Å². The van der Waals surface area contributed by atoms with E-state index >= 15 is 0 Å². The molecule has 1 aliphatic rings. The van der Waals surface area contributed by atoms with Crippen molar-refractivity contribution in [3.63, 3.8) is 0 Å². The zero-order chi connectivity index (χ0) is 27.2. The van der Waals surface area contributed by atoms with Gasteiger partial charge in [-0.1, -0.05) is 60.7 Å². The molecule has 0 N–H and O–H groups in total. The third kappa shape index (κ3) is 5.07. The molecule has 0 spiro atoms. The van der Waals surface area contributed by atoms with E-state index in [0.29, 0.717) is 29.2 Å². The first kappa shape index (κ1) is 25.6. The molecule has 1 atom stereocenters. The number of carbonyl (C=O) groups is 1. The van der Waals surface area contributed by atoms with Gasteiger partial charge in [0.1, 0.15) is 12.4 Å². The van der Waals surface area contributed by atoms with E-state index in [1.54, 1.807) is 38.6 Å². The first-order chi connectivity index (χ1) is 19.1. The molecule has 1 aliphatic heterocycles. The first-order valence-corrected chi connectivity index (χ1v) is 12.6. The number of carbonyl (C=O) groups excluding carboxylic acids is 1. The van der Waals surface area contributed by atoms with Gasteiger partial charge in [-0.25, -0.2) is 0 Å². The van der Waals surface area contributed by atoms with Crippen LogP contribution in [0, 0.1) is 11.3 Å². The summed E-state index contributed by atoms with van der Waals surface area (Å²) in [5.74, 6) is 1.50. The molecule has 194 valence electrons. The normalized spacial score (nSPS) is 15.7. The summed E-state index contributed by atoms with van der Waals surface area (Å²) < 4.78 is 17.0. The number of nitriles is 1. The largest absolute Gasteiger partial charge is 0.493 e. The van der Waals surface area contributed by atoms with E-state index in [4.69, 9.17) is 14.2 Å². The van der Waals surface area contributed by atoms with Crippen LogP contribution in [0.4, 0.5) is 0 Å². The summed E-state index contributed by atoms with van der Waals surface area (Å²) in [6, 6.07) is 32.7. The van der Waals surface area contributed by atoms with E-state index < -0.39 is 5.54 Å². The Morgan fingerprint density at radius 1 is 0.846 bits per heavy atom. The predicted octanol–water partition coefficient (Wildman–Crippen LogP) is 6.37. The third-order valence-electron chi connectivity index (χ3n) is 6.87.